The van der Waals surface area contributed by atoms with Crippen LogP contribution in [0.3, 0.4) is 0 Å². The summed E-state index contributed by atoms with van der Waals surface area (Å²) in [5.41, 5.74) is 1.03. The molecule has 1 saturated heterocycles. The highest BCUT2D eigenvalue weighted by Crippen LogP contribution is 2.22. The maximum atomic E-state index is 12.6. The molecular formula is C16H19N5O3. The summed E-state index contributed by atoms with van der Waals surface area (Å²) < 4.78 is 1.64. The monoisotopic (exact) mass is 329 g/mol. The van der Waals surface area contributed by atoms with Gasteiger partial charge >= 0.3 is 0 Å². The number of hydrogen-bond acceptors (Lipinski definition) is 4. The Morgan fingerprint density at radius 1 is 1.33 bits per heavy atom. The zero-order chi connectivity index (χ0) is 17.4. The number of aromatic amines is 1. The van der Waals surface area contributed by atoms with E-state index in [9.17, 15) is 14.4 Å². The molecule has 0 saturated carbocycles. The number of carbonyl (C=O) groups excluding carboxylic acids is 2. The van der Waals surface area contributed by atoms with Gasteiger partial charge in [0, 0.05) is 25.4 Å². The van der Waals surface area contributed by atoms with Crippen LogP contribution in [0.15, 0.2) is 23.0 Å². The van der Waals surface area contributed by atoms with Crippen molar-refractivity contribution >= 4 is 17.6 Å². The quantitative estimate of drug-likeness (QED) is 0.843. The van der Waals surface area contributed by atoms with Crippen LogP contribution in [0.5, 0.6) is 0 Å². The van der Waals surface area contributed by atoms with Gasteiger partial charge in [0.15, 0.2) is 0 Å². The van der Waals surface area contributed by atoms with Gasteiger partial charge < -0.3 is 10.3 Å². The molecule has 24 heavy (non-hydrogen) atoms. The van der Waals surface area contributed by atoms with Gasteiger partial charge in [0.2, 0.25) is 0 Å². The Morgan fingerprint density at radius 2 is 2.08 bits per heavy atom. The largest absolute Gasteiger partial charge is 0.340 e. The van der Waals surface area contributed by atoms with Crippen molar-refractivity contribution in [1.82, 2.24) is 20.1 Å². The first-order chi connectivity index (χ1) is 11.4. The molecule has 0 aromatic carbocycles. The van der Waals surface area contributed by atoms with Gasteiger partial charge in [-0.1, -0.05) is 0 Å². The van der Waals surface area contributed by atoms with Gasteiger partial charge in [-0.2, -0.15) is 5.10 Å². The maximum absolute atomic E-state index is 12.6. The van der Waals surface area contributed by atoms with E-state index in [1.54, 1.807) is 29.6 Å². The lowest BCUT2D eigenvalue weighted by atomic mass is 10.2. The van der Waals surface area contributed by atoms with Gasteiger partial charge in [0.25, 0.3) is 17.4 Å². The van der Waals surface area contributed by atoms with Crippen LogP contribution in [0.25, 0.3) is 0 Å². The van der Waals surface area contributed by atoms with Crippen LogP contribution in [-0.2, 0) is 11.8 Å². The number of anilines is 1. The summed E-state index contributed by atoms with van der Waals surface area (Å²) in [6.45, 7) is 4.08. The molecule has 8 nitrogen and oxygen atoms in total. The number of nitrogens with one attached hydrogen (secondary N) is 2. The van der Waals surface area contributed by atoms with Crippen LogP contribution < -0.4 is 15.8 Å². The van der Waals surface area contributed by atoms with Gasteiger partial charge in [-0.25, -0.2) is 0 Å². The first-order valence-corrected chi connectivity index (χ1v) is 7.69. The second kappa shape index (κ2) is 5.95. The molecule has 3 heterocycles. The molecule has 1 atom stereocenters. The van der Waals surface area contributed by atoms with Gasteiger partial charge in [0.05, 0.1) is 5.69 Å². The van der Waals surface area contributed by atoms with E-state index in [2.05, 4.69) is 15.4 Å². The fraction of sp³-hybridized carbons (Fsp3) is 0.375. The summed E-state index contributed by atoms with van der Waals surface area (Å²) in [6.07, 6.45) is 0.485. The van der Waals surface area contributed by atoms with Crippen LogP contribution >= 0.6 is 0 Å². The molecule has 2 amide bonds. The number of rotatable bonds is 3. The summed E-state index contributed by atoms with van der Waals surface area (Å²) >= 11 is 0. The number of aryl methyl sites for hydroxylation is 3. The van der Waals surface area contributed by atoms with E-state index in [0.29, 0.717) is 24.5 Å². The Hall–Kier alpha value is -2.90. The van der Waals surface area contributed by atoms with Gasteiger partial charge in [-0.05, 0) is 32.4 Å². The number of hydrogen-bond donors (Lipinski definition) is 2. The van der Waals surface area contributed by atoms with E-state index in [0.717, 1.165) is 5.69 Å². The van der Waals surface area contributed by atoms with Gasteiger partial charge in [0.1, 0.15) is 17.4 Å². The molecule has 1 fully saturated rings. The molecule has 2 aromatic heterocycles. The van der Waals surface area contributed by atoms with Crippen molar-refractivity contribution in [2.45, 2.75) is 26.3 Å². The van der Waals surface area contributed by atoms with E-state index < -0.39 is 17.5 Å². The van der Waals surface area contributed by atoms with Gasteiger partial charge in [-0.3, -0.25) is 24.0 Å². The molecule has 0 aliphatic carbocycles. The summed E-state index contributed by atoms with van der Waals surface area (Å²) in [5.74, 6) is -0.0463. The molecule has 0 radical (unpaired) electrons. The number of H-pyrrole nitrogens is 1. The van der Waals surface area contributed by atoms with Crippen LogP contribution in [0.2, 0.25) is 0 Å². The Balaban J connectivity index is 1.75. The molecule has 1 aliphatic rings. The second-order valence-electron chi connectivity index (χ2n) is 5.96. The maximum Gasteiger partial charge on any atom is 0.260 e. The molecule has 2 N–H and O–H groups in total. The topological polar surface area (TPSA) is 100 Å². The summed E-state index contributed by atoms with van der Waals surface area (Å²) in [4.78, 5) is 40.9. The molecule has 3 rings (SSSR count). The minimum atomic E-state index is -0.645. The van der Waals surface area contributed by atoms with Crippen molar-refractivity contribution in [1.29, 1.82) is 0 Å². The first kappa shape index (κ1) is 16.0. The lowest BCUT2D eigenvalue weighted by molar-refractivity contribution is -0.118. The molecule has 126 valence electrons. The fourth-order valence-electron chi connectivity index (χ4n) is 2.88. The minimum Gasteiger partial charge on any atom is -0.340 e. The highest BCUT2D eigenvalue weighted by molar-refractivity contribution is 6.03. The van der Waals surface area contributed by atoms with Crippen LogP contribution in [-0.4, -0.2) is 39.2 Å². The van der Waals surface area contributed by atoms with Crippen LogP contribution in [0.1, 0.15) is 28.2 Å². The molecular weight excluding hydrogens is 310 g/mol. The summed E-state index contributed by atoms with van der Waals surface area (Å²) in [7, 11) is 1.77. The van der Waals surface area contributed by atoms with Crippen molar-refractivity contribution in [3.05, 3.63) is 45.5 Å². The molecule has 8 heteroatoms. The molecule has 0 spiro atoms. The molecule has 1 unspecified atom stereocenters. The zero-order valence-corrected chi connectivity index (χ0v) is 13.8. The van der Waals surface area contributed by atoms with Crippen LogP contribution in [0, 0.1) is 13.8 Å². The standard InChI is InChI=1S/C16H19N5O3/c1-9-4-5-11(14(22)17-9)15(23)18-12-6-7-21(16(12)24)13-8-10(2)19-20(13)3/h4-5,8,12H,6-7H2,1-3H3,(H,17,22)(H,18,23). The smallest absolute Gasteiger partial charge is 0.260 e. The highest BCUT2D eigenvalue weighted by atomic mass is 16.2. The minimum absolute atomic E-state index is 0.00299. The zero-order valence-electron chi connectivity index (χ0n) is 13.8. The third-order valence-electron chi connectivity index (χ3n) is 4.06. The number of amides is 2. The number of nitrogens with zero attached hydrogens (tertiary/aromatic N) is 3. The molecule has 0 bridgehead atoms. The van der Waals surface area contributed by atoms with E-state index in [1.807, 2.05) is 13.0 Å². The summed E-state index contributed by atoms with van der Waals surface area (Å²) in [6, 6.07) is 4.29. The van der Waals surface area contributed by atoms with Crippen molar-refractivity contribution in [3.63, 3.8) is 0 Å². The Morgan fingerprint density at radius 3 is 2.71 bits per heavy atom. The third-order valence-corrected chi connectivity index (χ3v) is 4.06. The van der Waals surface area contributed by atoms with E-state index in [-0.39, 0.29) is 11.5 Å². The number of carbonyl (C=O) groups is 2. The normalized spacial score (nSPS) is 17.4. The lowest BCUT2D eigenvalue weighted by Gasteiger charge is -2.16. The predicted octanol–water partition coefficient (Wildman–Crippen LogP) is 0.261. The highest BCUT2D eigenvalue weighted by Gasteiger charge is 2.35. The predicted molar refractivity (Wildman–Crippen MR) is 88.0 cm³/mol. The first-order valence-electron chi connectivity index (χ1n) is 7.69. The Bertz CT molecular complexity index is 867. The van der Waals surface area contributed by atoms with Crippen LogP contribution in [0.4, 0.5) is 5.82 Å². The average Bonchev–Trinajstić information content (AvgIpc) is 3.01. The van der Waals surface area contributed by atoms with E-state index in [4.69, 9.17) is 0 Å². The molecule has 2 aromatic rings. The average molecular weight is 329 g/mol. The number of pyridine rings is 1. The van der Waals surface area contributed by atoms with Crippen molar-refractivity contribution in [3.8, 4) is 0 Å². The lowest BCUT2D eigenvalue weighted by Crippen LogP contribution is -2.43. The van der Waals surface area contributed by atoms with Gasteiger partial charge in [-0.15, -0.1) is 0 Å². The Kier molecular flexibility index (Phi) is 3.96. The molecule has 1 aliphatic heterocycles. The summed E-state index contributed by atoms with van der Waals surface area (Å²) in [5, 5.41) is 6.88. The number of aromatic nitrogens is 3. The Labute approximate surface area is 138 Å². The second-order valence-corrected chi connectivity index (χ2v) is 5.96. The van der Waals surface area contributed by atoms with E-state index >= 15 is 0 Å². The van der Waals surface area contributed by atoms with Crippen molar-refractivity contribution in [2.75, 3.05) is 11.4 Å². The van der Waals surface area contributed by atoms with E-state index in [1.165, 1.54) is 6.07 Å². The van der Waals surface area contributed by atoms with Crippen molar-refractivity contribution in [2.24, 2.45) is 7.05 Å². The SMILES string of the molecule is Cc1cc(N2CCC(NC(=O)c3ccc(C)[nH]c3=O)C2=O)n(C)n1. The fourth-order valence-corrected chi connectivity index (χ4v) is 2.88. The third kappa shape index (κ3) is 2.82. The van der Waals surface area contributed by atoms with Crippen molar-refractivity contribution < 1.29 is 9.59 Å².